The molecule has 0 bridgehead atoms. The fraction of sp³-hybridized carbons (Fsp3) is 0.625. The van der Waals surface area contributed by atoms with Crippen LogP contribution in [0.2, 0.25) is 5.02 Å². The second-order valence-corrected chi connectivity index (χ2v) is 6.10. The predicted octanol–water partition coefficient (Wildman–Crippen LogP) is 3.42. The first kappa shape index (κ1) is 15.6. The van der Waals surface area contributed by atoms with Gasteiger partial charge in [0.1, 0.15) is 5.75 Å². The van der Waals surface area contributed by atoms with Crippen molar-refractivity contribution >= 4 is 11.6 Å². The zero-order valence-electron chi connectivity index (χ0n) is 12.5. The summed E-state index contributed by atoms with van der Waals surface area (Å²) in [6.07, 6.45) is 2.44. The average molecular weight is 298 g/mol. The smallest absolute Gasteiger partial charge is 0.124 e. The van der Waals surface area contributed by atoms with Gasteiger partial charge in [0.2, 0.25) is 0 Å². The highest BCUT2D eigenvalue weighted by Gasteiger charge is 2.30. The molecule has 2 rings (SSSR count). The number of aliphatic hydroxyl groups excluding tert-OH is 1. The lowest BCUT2D eigenvalue weighted by Gasteiger charge is -2.33. The molecule has 4 heteroatoms. The molecule has 112 valence electrons. The van der Waals surface area contributed by atoms with Gasteiger partial charge in [-0.1, -0.05) is 18.5 Å². The highest BCUT2D eigenvalue weighted by atomic mass is 35.5. The lowest BCUT2D eigenvalue weighted by molar-refractivity contribution is 0.124. The maximum atomic E-state index is 9.61. The lowest BCUT2D eigenvalue weighted by Crippen LogP contribution is -2.32. The Bertz CT molecular complexity index is 458. The predicted molar refractivity (Wildman–Crippen MR) is 82.5 cm³/mol. The average Bonchev–Trinajstić information content (AvgIpc) is 2.96. The Kier molecular flexibility index (Phi) is 5.30. The summed E-state index contributed by atoms with van der Waals surface area (Å²) in [6, 6.07) is 4.16. The monoisotopic (exact) mass is 297 g/mol. The van der Waals surface area contributed by atoms with Crippen LogP contribution in [0.4, 0.5) is 0 Å². The van der Waals surface area contributed by atoms with E-state index in [2.05, 4.69) is 11.8 Å². The number of ether oxygens (including phenoxy) is 1. The van der Waals surface area contributed by atoms with Crippen molar-refractivity contribution in [3.05, 3.63) is 28.3 Å². The number of methoxy groups -OCH3 is 1. The number of aryl methyl sites for hydroxylation is 1. The fourth-order valence-electron chi connectivity index (χ4n) is 3.06. The topological polar surface area (TPSA) is 32.7 Å². The number of hydrogen-bond donors (Lipinski definition) is 1. The van der Waals surface area contributed by atoms with Crippen molar-refractivity contribution in [2.24, 2.45) is 5.92 Å². The standard InChI is InChI=1S/C16H24ClNO2/c1-11-8-15(20-3)13(9-14(11)17)16(12(2)10-19)18-6-4-5-7-18/h8-9,12,16,19H,4-7,10H2,1-3H3. The molecule has 3 nitrogen and oxygen atoms in total. The highest BCUT2D eigenvalue weighted by molar-refractivity contribution is 6.31. The van der Waals surface area contributed by atoms with Gasteiger partial charge in [0.25, 0.3) is 0 Å². The molecule has 0 saturated carbocycles. The molecule has 2 atom stereocenters. The van der Waals surface area contributed by atoms with E-state index in [1.165, 1.54) is 12.8 Å². The zero-order valence-corrected chi connectivity index (χ0v) is 13.3. The van der Waals surface area contributed by atoms with E-state index in [1.54, 1.807) is 7.11 Å². The Morgan fingerprint density at radius 1 is 1.35 bits per heavy atom. The summed E-state index contributed by atoms with van der Waals surface area (Å²) in [4.78, 5) is 2.43. The summed E-state index contributed by atoms with van der Waals surface area (Å²) in [5.74, 6) is 1.02. The summed E-state index contributed by atoms with van der Waals surface area (Å²) < 4.78 is 5.55. The van der Waals surface area contributed by atoms with Crippen LogP contribution in [-0.2, 0) is 0 Å². The number of benzene rings is 1. The van der Waals surface area contributed by atoms with Gasteiger partial charge < -0.3 is 9.84 Å². The fourth-order valence-corrected chi connectivity index (χ4v) is 3.23. The molecule has 1 heterocycles. The molecule has 0 aromatic heterocycles. The number of nitrogens with zero attached hydrogens (tertiary/aromatic N) is 1. The van der Waals surface area contributed by atoms with E-state index in [4.69, 9.17) is 16.3 Å². The number of hydrogen-bond acceptors (Lipinski definition) is 3. The Labute approximate surface area is 126 Å². The van der Waals surface area contributed by atoms with E-state index in [-0.39, 0.29) is 18.6 Å². The number of halogens is 1. The van der Waals surface area contributed by atoms with Crippen molar-refractivity contribution < 1.29 is 9.84 Å². The maximum absolute atomic E-state index is 9.61. The normalized spacial score (nSPS) is 19.1. The first-order valence-corrected chi connectivity index (χ1v) is 7.65. The van der Waals surface area contributed by atoms with Crippen LogP contribution in [0.3, 0.4) is 0 Å². The third-order valence-electron chi connectivity index (χ3n) is 4.19. The molecule has 2 unspecified atom stereocenters. The molecule has 1 saturated heterocycles. The minimum atomic E-state index is 0.153. The first-order chi connectivity index (χ1) is 9.58. The van der Waals surface area contributed by atoms with E-state index >= 15 is 0 Å². The number of rotatable bonds is 5. The van der Waals surface area contributed by atoms with Gasteiger partial charge in [0.15, 0.2) is 0 Å². The van der Waals surface area contributed by atoms with Crippen LogP contribution in [-0.4, -0.2) is 36.8 Å². The van der Waals surface area contributed by atoms with Crippen LogP contribution < -0.4 is 4.74 Å². The Balaban J connectivity index is 2.44. The van der Waals surface area contributed by atoms with Gasteiger partial charge in [-0.2, -0.15) is 0 Å². The summed E-state index contributed by atoms with van der Waals surface area (Å²) in [7, 11) is 1.69. The molecule has 0 radical (unpaired) electrons. The van der Waals surface area contributed by atoms with Crippen LogP contribution in [0.1, 0.15) is 36.9 Å². The van der Waals surface area contributed by atoms with Crippen molar-refractivity contribution in [2.45, 2.75) is 32.7 Å². The zero-order chi connectivity index (χ0) is 14.7. The molecule has 0 amide bonds. The van der Waals surface area contributed by atoms with Gasteiger partial charge in [-0.25, -0.2) is 0 Å². The SMILES string of the molecule is COc1cc(C)c(Cl)cc1C(C(C)CO)N1CCCC1. The summed E-state index contributed by atoms with van der Waals surface area (Å²) in [5.41, 5.74) is 2.11. The molecule has 0 aliphatic carbocycles. The first-order valence-electron chi connectivity index (χ1n) is 7.27. The summed E-state index contributed by atoms with van der Waals surface area (Å²) in [6.45, 7) is 6.37. The lowest BCUT2D eigenvalue weighted by atomic mass is 9.92. The molecule has 1 aliphatic rings. The van der Waals surface area contributed by atoms with Gasteiger partial charge in [-0.05, 0) is 56.5 Å². The van der Waals surface area contributed by atoms with Crippen LogP contribution in [0.25, 0.3) is 0 Å². The number of aliphatic hydroxyl groups is 1. The van der Waals surface area contributed by atoms with Crippen molar-refractivity contribution in [3.8, 4) is 5.75 Å². The highest BCUT2D eigenvalue weighted by Crippen LogP contribution is 2.39. The molecule has 20 heavy (non-hydrogen) atoms. The van der Waals surface area contributed by atoms with E-state index in [0.29, 0.717) is 0 Å². The molecule has 1 N–H and O–H groups in total. The van der Waals surface area contributed by atoms with Gasteiger partial charge in [-0.15, -0.1) is 0 Å². The third kappa shape index (κ3) is 3.11. The summed E-state index contributed by atoms with van der Waals surface area (Å²) in [5, 5.41) is 10.4. The molecular weight excluding hydrogens is 274 g/mol. The Hall–Kier alpha value is -0.770. The van der Waals surface area contributed by atoms with E-state index in [9.17, 15) is 5.11 Å². The molecule has 0 spiro atoms. The van der Waals surface area contributed by atoms with Crippen molar-refractivity contribution in [1.29, 1.82) is 0 Å². The largest absolute Gasteiger partial charge is 0.496 e. The van der Waals surface area contributed by atoms with Crippen molar-refractivity contribution in [1.82, 2.24) is 4.90 Å². The number of likely N-dealkylation sites (tertiary alicyclic amines) is 1. The molecule has 1 aliphatic heterocycles. The maximum Gasteiger partial charge on any atom is 0.124 e. The molecule has 1 fully saturated rings. The second-order valence-electron chi connectivity index (χ2n) is 5.69. The second kappa shape index (κ2) is 6.79. The van der Waals surface area contributed by atoms with Gasteiger partial charge >= 0.3 is 0 Å². The van der Waals surface area contributed by atoms with E-state index < -0.39 is 0 Å². The third-order valence-corrected chi connectivity index (χ3v) is 4.60. The Morgan fingerprint density at radius 3 is 2.55 bits per heavy atom. The minimum absolute atomic E-state index is 0.153. The molecular formula is C16H24ClNO2. The Morgan fingerprint density at radius 2 is 2.00 bits per heavy atom. The van der Waals surface area contributed by atoms with E-state index in [1.807, 2.05) is 19.1 Å². The van der Waals surface area contributed by atoms with Crippen molar-refractivity contribution in [2.75, 3.05) is 26.8 Å². The van der Waals surface area contributed by atoms with Gasteiger partial charge in [0.05, 0.1) is 7.11 Å². The van der Waals surface area contributed by atoms with Crippen LogP contribution in [0, 0.1) is 12.8 Å². The molecule has 1 aromatic rings. The summed E-state index contributed by atoms with van der Waals surface area (Å²) >= 11 is 6.30. The van der Waals surface area contributed by atoms with E-state index in [0.717, 1.165) is 35.0 Å². The van der Waals surface area contributed by atoms with Gasteiger partial charge in [-0.3, -0.25) is 4.90 Å². The van der Waals surface area contributed by atoms with Crippen LogP contribution in [0.15, 0.2) is 12.1 Å². The van der Waals surface area contributed by atoms with Crippen LogP contribution >= 0.6 is 11.6 Å². The minimum Gasteiger partial charge on any atom is -0.496 e. The molecule has 1 aromatic carbocycles. The van der Waals surface area contributed by atoms with Gasteiger partial charge in [0, 0.05) is 23.2 Å². The van der Waals surface area contributed by atoms with Crippen LogP contribution in [0.5, 0.6) is 5.75 Å². The quantitative estimate of drug-likeness (QED) is 0.904. The van der Waals surface area contributed by atoms with Crippen molar-refractivity contribution in [3.63, 3.8) is 0 Å².